The zero-order chi connectivity index (χ0) is 6.74. The molecule has 0 radical (unpaired) electrons. The number of alkyl halides is 1. The van der Waals surface area contributed by atoms with Crippen LogP contribution >= 0.6 is 11.6 Å². The molecule has 0 saturated carbocycles. The van der Waals surface area contributed by atoms with Crippen LogP contribution in [-0.4, -0.2) is 35.7 Å². The Labute approximate surface area is 58.1 Å². The van der Waals surface area contributed by atoms with Gasteiger partial charge in [-0.1, -0.05) is 0 Å². The molecular weight excluding hydrogens is 140 g/mol. The van der Waals surface area contributed by atoms with E-state index >= 15 is 0 Å². The number of rotatable bonds is 2. The average Bonchev–Trinajstić information content (AvgIpc) is 2.36. The van der Waals surface area contributed by atoms with Gasteiger partial charge in [-0.3, -0.25) is 4.99 Å². The predicted molar refractivity (Wildman–Crippen MR) is 37.5 cm³/mol. The van der Waals surface area contributed by atoms with E-state index in [9.17, 15) is 0 Å². The maximum absolute atomic E-state index is 8.73. The van der Waals surface area contributed by atoms with Gasteiger partial charge in [-0.15, -0.1) is 11.6 Å². The van der Waals surface area contributed by atoms with E-state index in [2.05, 4.69) is 9.98 Å². The van der Waals surface area contributed by atoms with E-state index in [1.165, 1.54) is 6.34 Å². The van der Waals surface area contributed by atoms with Gasteiger partial charge in [-0.2, -0.15) is 0 Å². The summed E-state index contributed by atoms with van der Waals surface area (Å²) in [6, 6.07) is 0. The first-order valence-electron chi connectivity index (χ1n) is 2.58. The Balaban J connectivity index is 2.69. The Kier molecular flexibility index (Phi) is 1.83. The fourth-order valence-corrected chi connectivity index (χ4v) is 0.769. The van der Waals surface area contributed by atoms with Crippen LogP contribution in [0.1, 0.15) is 0 Å². The molecular formula is C5H7ClN2O. The molecule has 0 aliphatic carbocycles. The highest BCUT2D eigenvalue weighted by Crippen LogP contribution is 2.12. The van der Waals surface area contributed by atoms with Gasteiger partial charge in [0.05, 0.1) is 12.5 Å². The molecule has 0 aromatic heterocycles. The normalized spacial score (nSPS) is 31.8. The molecule has 1 aliphatic heterocycles. The van der Waals surface area contributed by atoms with E-state index in [-0.39, 0.29) is 12.5 Å². The Morgan fingerprint density at radius 1 is 1.67 bits per heavy atom. The van der Waals surface area contributed by atoms with Crippen molar-refractivity contribution in [2.24, 2.45) is 9.98 Å². The first kappa shape index (κ1) is 6.71. The predicted octanol–water partition coefficient (Wildman–Crippen LogP) is 0.0690. The zero-order valence-corrected chi connectivity index (χ0v) is 5.54. The van der Waals surface area contributed by atoms with Gasteiger partial charge in [0.15, 0.2) is 0 Å². The van der Waals surface area contributed by atoms with Crippen molar-refractivity contribution >= 4 is 24.2 Å². The molecule has 3 nitrogen and oxygen atoms in total. The Morgan fingerprint density at radius 2 is 2.44 bits per heavy atom. The maximum atomic E-state index is 8.73. The minimum Gasteiger partial charge on any atom is -0.393 e. The van der Waals surface area contributed by atoms with Gasteiger partial charge in [0.1, 0.15) is 11.9 Å². The quantitative estimate of drug-likeness (QED) is 0.551. The molecule has 9 heavy (non-hydrogen) atoms. The average molecular weight is 147 g/mol. The van der Waals surface area contributed by atoms with Gasteiger partial charge in [-0.05, 0) is 0 Å². The van der Waals surface area contributed by atoms with Crippen molar-refractivity contribution in [2.45, 2.75) is 5.54 Å². The lowest BCUT2D eigenvalue weighted by molar-refractivity contribution is 0.255. The minimum absolute atomic E-state index is 0.0729. The van der Waals surface area contributed by atoms with Crippen molar-refractivity contribution in [2.75, 3.05) is 12.5 Å². The van der Waals surface area contributed by atoms with E-state index < -0.39 is 5.54 Å². The highest BCUT2D eigenvalue weighted by atomic mass is 35.5. The summed E-state index contributed by atoms with van der Waals surface area (Å²) in [5, 5.41) is 8.73. The van der Waals surface area contributed by atoms with E-state index in [4.69, 9.17) is 16.7 Å². The number of aliphatic imine (C=N–C) groups is 2. The van der Waals surface area contributed by atoms with Gasteiger partial charge >= 0.3 is 0 Å². The highest BCUT2D eigenvalue weighted by Gasteiger charge is 2.26. The molecule has 0 fully saturated rings. The van der Waals surface area contributed by atoms with Crippen molar-refractivity contribution in [3.8, 4) is 0 Å². The minimum atomic E-state index is -0.623. The van der Waals surface area contributed by atoms with Gasteiger partial charge < -0.3 is 5.11 Å². The van der Waals surface area contributed by atoms with Gasteiger partial charge in [0.25, 0.3) is 0 Å². The van der Waals surface area contributed by atoms with Crippen LogP contribution in [0.15, 0.2) is 9.98 Å². The van der Waals surface area contributed by atoms with Crippen molar-refractivity contribution in [1.82, 2.24) is 0 Å². The van der Waals surface area contributed by atoms with E-state index in [0.29, 0.717) is 0 Å². The highest BCUT2D eigenvalue weighted by molar-refractivity contribution is 6.20. The summed E-state index contributed by atoms with van der Waals surface area (Å²) in [6.45, 7) is -0.0729. The zero-order valence-electron chi connectivity index (χ0n) is 4.79. The largest absolute Gasteiger partial charge is 0.393 e. The van der Waals surface area contributed by atoms with Crippen LogP contribution in [0.4, 0.5) is 0 Å². The first-order valence-corrected chi connectivity index (χ1v) is 3.11. The smallest absolute Gasteiger partial charge is 0.134 e. The Hall–Kier alpha value is -0.410. The number of nitrogens with zero attached hydrogens (tertiary/aromatic N) is 2. The number of hydrogen-bond acceptors (Lipinski definition) is 3. The second-order valence-corrected chi connectivity index (χ2v) is 2.19. The SMILES string of the molecule is OCC1(CCl)C=NC=N1. The lowest BCUT2D eigenvalue weighted by Crippen LogP contribution is -2.33. The van der Waals surface area contributed by atoms with Crippen LogP contribution in [0.25, 0.3) is 0 Å². The summed E-state index contributed by atoms with van der Waals surface area (Å²) in [7, 11) is 0. The van der Waals surface area contributed by atoms with Crippen LogP contribution in [0, 0.1) is 0 Å². The standard InChI is InChI=1S/C5H7ClN2O/c6-1-5(3-9)2-7-4-8-5/h2,4,9H,1,3H2. The lowest BCUT2D eigenvalue weighted by Gasteiger charge is -2.14. The van der Waals surface area contributed by atoms with Crippen LogP contribution in [0.2, 0.25) is 0 Å². The topological polar surface area (TPSA) is 45.0 Å². The molecule has 1 rings (SSSR count). The summed E-state index contributed by atoms with van der Waals surface area (Å²) < 4.78 is 0. The molecule has 0 aromatic carbocycles. The first-order chi connectivity index (χ1) is 4.33. The van der Waals surface area contributed by atoms with Crippen molar-refractivity contribution in [3.05, 3.63) is 0 Å². The monoisotopic (exact) mass is 146 g/mol. The molecule has 0 aromatic rings. The van der Waals surface area contributed by atoms with Gasteiger partial charge in [0.2, 0.25) is 0 Å². The van der Waals surface area contributed by atoms with E-state index in [1.54, 1.807) is 6.21 Å². The second kappa shape index (κ2) is 2.45. The van der Waals surface area contributed by atoms with Gasteiger partial charge in [-0.25, -0.2) is 4.99 Å². The molecule has 0 spiro atoms. The molecule has 0 amide bonds. The summed E-state index contributed by atoms with van der Waals surface area (Å²) in [5.41, 5.74) is -0.623. The van der Waals surface area contributed by atoms with Crippen LogP contribution < -0.4 is 0 Å². The molecule has 0 saturated heterocycles. The summed E-state index contributed by atoms with van der Waals surface area (Å²) in [6.07, 6.45) is 2.96. The van der Waals surface area contributed by atoms with Crippen molar-refractivity contribution < 1.29 is 5.11 Å². The Morgan fingerprint density at radius 3 is 2.67 bits per heavy atom. The number of aliphatic hydroxyl groups is 1. The van der Waals surface area contributed by atoms with Crippen molar-refractivity contribution in [1.29, 1.82) is 0 Å². The maximum Gasteiger partial charge on any atom is 0.134 e. The fourth-order valence-electron chi connectivity index (χ4n) is 0.547. The third kappa shape index (κ3) is 1.11. The molecule has 1 aliphatic rings. The molecule has 1 unspecified atom stereocenters. The molecule has 4 heteroatoms. The van der Waals surface area contributed by atoms with Crippen LogP contribution in [0.5, 0.6) is 0 Å². The van der Waals surface area contributed by atoms with Gasteiger partial charge in [0, 0.05) is 6.21 Å². The van der Waals surface area contributed by atoms with Crippen LogP contribution in [-0.2, 0) is 0 Å². The summed E-state index contributed by atoms with van der Waals surface area (Å²) in [4.78, 5) is 7.59. The summed E-state index contributed by atoms with van der Waals surface area (Å²) in [5.74, 6) is 0.281. The number of hydrogen-bond donors (Lipinski definition) is 1. The fraction of sp³-hybridized carbons (Fsp3) is 0.600. The molecule has 0 bridgehead atoms. The van der Waals surface area contributed by atoms with Crippen LogP contribution in [0.3, 0.4) is 0 Å². The van der Waals surface area contributed by atoms with Crippen molar-refractivity contribution in [3.63, 3.8) is 0 Å². The molecule has 1 heterocycles. The third-order valence-corrected chi connectivity index (χ3v) is 1.66. The molecule has 1 atom stereocenters. The molecule has 1 N–H and O–H groups in total. The number of halogens is 1. The lowest BCUT2D eigenvalue weighted by atomic mass is 10.1. The third-order valence-electron chi connectivity index (χ3n) is 1.20. The number of aliphatic hydroxyl groups excluding tert-OH is 1. The second-order valence-electron chi connectivity index (χ2n) is 1.92. The van der Waals surface area contributed by atoms with E-state index in [0.717, 1.165) is 0 Å². The van der Waals surface area contributed by atoms with E-state index in [1.807, 2.05) is 0 Å². The molecule has 50 valence electrons. The Bertz CT molecular complexity index is 137. The summed E-state index contributed by atoms with van der Waals surface area (Å²) >= 11 is 5.50.